The first kappa shape index (κ1) is 6.08. The molecule has 1 aliphatic carbocycles. The zero-order valence-electron chi connectivity index (χ0n) is 4.52. The number of hydrogen-bond acceptors (Lipinski definition) is 1. The van der Waals surface area contributed by atoms with E-state index >= 15 is 0 Å². The van der Waals surface area contributed by atoms with Crippen LogP contribution in [0.3, 0.4) is 0 Å². The molecule has 0 bridgehead atoms. The highest BCUT2D eigenvalue weighted by Gasteiger charge is 2.55. The van der Waals surface area contributed by atoms with Crippen molar-refractivity contribution in [2.75, 3.05) is 0 Å². The van der Waals surface area contributed by atoms with Crippen LogP contribution in [-0.4, -0.2) is 15.9 Å². The maximum Gasteiger partial charge on any atom is 0.310 e. The number of carbonyl (C=O) groups is 1. The highest BCUT2D eigenvalue weighted by atomic mass is 79.9. The van der Waals surface area contributed by atoms with Crippen molar-refractivity contribution >= 4 is 21.9 Å². The molecule has 0 heterocycles. The Kier molecular flexibility index (Phi) is 1.11. The van der Waals surface area contributed by atoms with Gasteiger partial charge in [0, 0.05) is 4.83 Å². The van der Waals surface area contributed by atoms with E-state index in [9.17, 15) is 4.79 Å². The summed E-state index contributed by atoms with van der Waals surface area (Å²) in [5.41, 5.74) is -0.458. The lowest BCUT2D eigenvalue weighted by Crippen LogP contribution is -2.12. The molecule has 0 aromatic heterocycles. The van der Waals surface area contributed by atoms with Crippen molar-refractivity contribution in [3.05, 3.63) is 0 Å². The van der Waals surface area contributed by atoms with E-state index in [4.69, 9.17) is 5.11 Å². The Morgan fingerprint density at radius 3 is 2.38 bits per heavy atom. The number of halogens is 1. The van der Waals surface area contributed by atoms with Crippen molar-refractivity contribution in [3.63, 3.8) is 0 Å². The molecule has 3 heteroatoms. The van der Waals surface area contributed by atoms with Crippen LogP contribution in [0, 0.1) is 5.41 Å². The van der Waals surface area contributed by atoms with E-state index in [0.29, 0.717) is 0 Å². The summed E-state index contributed by atoms with van der Waals surface area (Å²) in [4.78, 5) is 10.5. The van der Waals surface area contributed by atoms with E-state index in [1.807, 2.05) is 0 Å². The van der Waals surface area contributed by atoms with Gasteiger partial charge in [-0.25, -0.2) is 0 Å². The van der Waals surface area contributed by atoms with Crippen LogP contribution >= 0.6 is 15.9 Å². The molecule has 0 unspecified atom stereocenters. The molecule has 0 aromatic carbocycles. The van der Waals surface area contributed by atoms with Crippen LogP contribution in [-0.2, 0) is 4.79 Å². The Balaban J connectivity index is 2.60. The number of carboxylic acids is 1. The van der Waals surface area contributed by atoms with Crippen LogP contribution in [0.5, 0.6) is 0 Å². The molecule has 0 aliphatic heterocycles. The monoisotopic (exact) mass is 178 g/mol. The zero-order valence-corrected chi connectivity index (χ0v) is 6.10. The van der Waals surface area contributed by atoms with E-state index in [2.05, 4.69) is 15.9 Å². The first-order chi connectivity index (χ1) is 3.57. The summed E-state index contributed by atoms with van der Waals surface area (Å²) >= 11 is 3.22. The largest absolute Gasteiger partial charge is 0.481 e. The quantitative estimate of drug-likeness (QED) is 0.615. The molecule has 0 aromatic rings. The average Bonchev–Trinajstić information content (AvgIpc) is 2.17. The Morgan fingerprint density at radius 1 is 2.00 bits per heavy atom. The SMILES string of the molecule is C[C@@]1(C(=O)O)C[C@@H]1Br. The Morgan fingerprint density at radius 2 is 2.38 bits per heavy atom. The molecule has 46 valence electrons. The maximum atomic E-state index is 10.3. The lowest BCUT2D eigenvalue weighted by atomic mass is 10.2. The van der Waals surface area contributed by atoms with Crippen molar-refractivity contribution < 1.29 is 9.90 Å². The second-order valence-electron chi connectivity index (χ2n) is 2.39. The third-order valence-corrected chi connectivity index (χ3v) is 2.96. The second-order valence-corrected chi connectivity index (χ2v) is 3.50. The summed E-state index contributed by atoms with van der Waals surface area (Å²) in [7, 11) is 0. The van der Waals surface area contributed by atoms with Gasteiger partial charge in [0.05, 0.1) is 5.41 Å². The van der Waals surface area contributed by atoms with Gasteiger partial charge < -0.3 is 5.11 Å². The minimum atomic E-state index is -0.695. The summed E-state index contributed by atoms with van der Waals surface area (Å²) in [6, 6.07) is 0. The molecule has 1 saturated carbocycles. The molecule has 1 rings (SSSR count). The molecule has 0 radical (unpaired) electrons. The van der Waals surface area contributed by atoms with Crippen LogP contribution in [0.25, 0.3) is 0 Å². The number of alkyl halides is 1. The molecule has 2 nitrogen and oxygen atoms in total. The summed E-state index contributed by atoms with van der Waals surface area (Å²) in [6.45, 7) is 1.74. The van der Waals surface area contributed by atoms with Gasteiger partial charge in [-0.1, -0.05) is 15.9 Å². The lowest BCUT2D eigenvalue weighted by molar-refractivity contribution is -0.142. The fourth-order valence-corrected chi connectivity index (χ4v) is 1.40. The highest BCUT2D eigenvalue weighted by molar-refractivity contribution is 9.09. The molecule has 1 N–H and O–H groups in total. The van der Waals surface area contributed by atoms with E-state index in [0.717, 1.165) is 6.42 Å². The van der Waals surface area contributed by atoms with Gasteiger partial charge in [-0.15, -0.1) is 0 Å². The highest BCUT2D eigenvalue weighted by Crippen LogP contribution is 2.51. The van der Waals surface area contributed by atoms with Crippen molar-refractivity contribution in [1.82, 2.24) is 0 Å². The predicted molar refractivity (Wildman–Crippen MR) is 33.1 cm³/mol. The summed E-state index contributed by atoms with van der Waals surface area (Å²) < 4.78 is 0. The van der Waals surface area contributed by atoms with Gasteiger partial charge in [-0.2, -0.15) is 0 Å². The first-order valence-corrected chi connectivity index (χ1v) is 3.36. The van der Waals surface area contributed by atoms with Crippen molar-refractivity contribution in [2.45, 2.75) is 18.2 Å². The number of aliphatic carboxylic acids is 1. The van der Waals surface area contributed by atoms with Crippen LogP contribution in [0.15, 0.2) is 0 Å². The molecule has 1 aliphatic rings. The van der Waals surface area contributed by atoms with Crippen molar-refractivity contribution in [1.29, 1.82) is 0 Å². The van der Waals surface area contributed by atoms with Gasteiger partial charge in [-0.3, -0.25) is 4.79 Å². The van der Waals surface area contributed by atoms with E-state index in [1.54, 1.807) is 6.92 Å². The maximum absolute atomic E-state index is 10.3. The van der Waals surface area contributed by atoms with Crippen LogP contribution in [0.4, 0.5) is 0 Å². The topological polar surface area (TPSA) is 37.3 Å². The summed E-state index contributed by atoms with van der Waals surface area (Å²) in [5, 5.41) is 8.45. The Hall–Kier alpha value is -0.0500. The fourth-order valence-electron chi connectivity index (χ4n) is 0.535. The van der Waals surface area contributed by atoms with E-state index < -0.39 is 11.4 Å². The van der Waals surface area contributed by atoms with Gasteiger partial charge in [0.15, 0.2) is 0 Å². The van der Waals surface area contributed by atoms with Gasteiger partial charge in [0.2, 0.25) is 0 Å². The van der Waals surface area contributed by atoms with Gasteiger partial charge in [0.25, 0.3) is 0 Å². The third kappa shape index (κ3) is 0.652. The van der Waals surface area contributed by atoms with Gasteiger partial charge >= 0.3 is 5.97 Å². The normalized spacial score (nSPS) is 44.0. The predicted octanol–water partition coefficient (Wildman–Crippen LogP) is 1.24. The number of rotatable bonds is 1. The van der Waals surface area contributed by atoms with Gasteiger partial charge in [-0.05, 0) is 13.3 Å². The molecule has 8 heavy (non-hydrogen) atoms. The van der Waals surface area contributed by atoms with Crippen LogP contribution in [0.2, 0.25) is 0 Å². The zero-order chi connectivity index (χ0) is 6.36. The van der Waals surface area contributed by atoms with E-state index in [-0.39, 0.29) is 4.83 Å². The third-order valence-electron chi connectivity index (χ3n) is 1.62. The molecule has 0 saturated heterocycles. The Bertz CT molecular complexity index is 134. The number of hydrogen-bond donors (Lipinski definition) is 1. The first-order valence-electron chi connectivity index (χ1n) is 2.45. The fraction of sp³-hybridized carbons (Fsp3) is 0.800. The average molecular weight is 179 g/mol. The van der Waals surface area contributed by atoms with E-state index in [1.165, 1.54) is 0 Å². The molecule has 0 amide bonds. The smallest absolute Gasteiger partial charge is 0.310 e. The lowest BCUT2D eigenvalue weighted by Gasteiger charge is -1.97. The van der Waals surface area contributed by atoms with Crippen LogP contribution < -0.4 is 0 Å². The molecule has 0 spiro atoms. The van der Waals surface area contributed by atoms with Crippen molar-refractivity contribution in [3.8, 4) is 0 Å². The number of carboxylic acid groups (broad SMARTS) is 1. The molecular formula is C5H7BrO2. The minimum absolute atomic E-state index is 0.201. The second kappa shape index (κ2) is 1.47. The van der Waals surface area contributed by atoms with Gasteiger partial charge in [0.1, 0.15) is 0 Å². The summed E-state index contributed by atoms with van der Waals surface area (Å²) in [6.07, 6.45) is 0.766. The molecular weight excluding hydrogens is 172 g/mol. The summed E-state index contributed by atoms with van der Waals surface area (Å²) in [5.74, 6) is -0.695. The molecule has 2 atom stereocenters. The standard InChI is InChI=1S/C5H7BrO2/c1-5(4(7)8)2-3(5)6/h3H,2H2,1H3,(H,7,8)/t3-,5+/m0/s1. The van der Waals surface area contributed by atoms with Crippen LogP contribution in [0.1, 0.15) is 13.3 Å². The Labute approximate surface area is 56.0 Å². The van der Waals surface area contributed by atoms with Crippen molar-refractivity contribution in [2.24, 2.45) is 5.41 Å². The molecule has 1 fully saturated rings. The minimum Gasteiger partial charge on any atom is -0.481 e.